The molecule has 0 fully saturated rings. The zero-order valence-corrected chi connectivity index (χ0v) is 17.6. The average molecular weight is 367 g/mol. The summed E-state index contributed by atoms with van der Waals surface area (Å²) in [5.74, 6) is 0.766. The maximum Gasteiger partial charge on any atom is 0.113 e. The minimum absolute atomic E-state index is 0.383. The third-order valence-corrected chi connectivity index (χ3v) is 10.8. The van der Waals surface area contributed by atoms with Crippen LogP contribution in [0.25, 0.3) is 10.4 Å². The summed E-state index contributed by atoms with van der Waals surface area (Å²) in [6.45, 7) is 14.0. The Hall–Kier alpha value is -2.38. The highest BCUT2D eigenvalue weighted by atomic mass is 28.3. The Morgan fingerprint density at radius 2 is 1.22 bits per heavy atom. The molecule has 2 aliphatic carbocycles. The van der Waals surface area contributed by atoms with Crippen molar-refractivity contribution in [2.24, 2.45) is 0 Å². The molecule has 0 saturated carbocycles. The van der Waals surface area contributed by atoms with E-state index in [0.717, 1.165) is 0 Å². The van der Waals surface area contributed by atoms with E-state index in [4.69, 9.17) is 0 Å². The molecule has 0 saturated heterocycles. The van der Waals surface area contributed by atoms with E-state index in [1.165, 1.54) is 27.8 Å². The van der Waals surface area contributed by atoms with E-state index in [2.05, 4.69) is 88.1 Å². The van der Waals surface area contributed by atoms with Crippen LogP contribution in [0.5, 0.6) is 0 Å². The predicted molar refractivity (Wildman–Crippen MR) is 119 cm³/mol. The Labute approximate surface area is 163 Å². The molecule has 4 bridgehead atoms. The van der Waals surface area contributed by atoms with Gasteiger partial charge in [0.2, 0.25) is 0 Å². The van der Waals surface area contributed by atoms with Crippen molar-refractivity contribution in [2.45, 2.75) is 38.8 Å². The van der Waals surface area contributed by atoms with E-state index >= 15 is 0 Å². The molecule has 2 atom stereocenters. The predicted octanol–water partition coefficient (Wildman–Crippen LogP) is 7.04. The van der Waals surface area contributed by atoms with Crippen LogP contribution < -0.4 is 0 Å². The van der Waals surface area contributed by atoms with Gasteiger partial charge in [-0.25, -0.2) is 0 Å². The summed E-state index contributed by atoms with van der Waals surface area (Å²) in [5, 5.41) is 3.31. The highest BCUT2D eigenvalue weighted by Gasteiger charge is 2.49. The van der Waals surface area contributed by atoms with Crippen LogP contribution in [0.3, 0.4) is 0 Å². The van der Waals surface area contributed by atoms with Gasteiger partial charge in [-0.3, -0.25) is 0 Å². The number of rotatable bonds is 1. The molecular formula is C26H26Si. The molecule has 0 spiro atoms. The molecule has 2 unspecified atom stereocenters. The van der Waals surface area contributed by atoms with E-state index in [9.17, 15) is 0 Å². The highest BCUT2D eigenvalue weighted by Crippen LogP contribution is 2.61. The molecule has 134 valence electrons. The third-order valence-electron chi connectivity index (χ3n) is 6.96. The standard InChI is InChI=1S/C26H26Si/c1-6-11-22-23-16(2)25(20-14-9-7-12-18(20)23)27(4,5)26-17(3)24(22)19-13-8-10-15-21(19)26/h6-15,23-24H,1H2,2-5H3. The van der Waals surface area contributed by atoms with Crippen molar-refractivity contribution in [3.8, 4) is 0 Å². The van der Waals surface area contributed by atoms with Gasteiger partial charge in [0.15, 0.2) is 0 Å². The van der Waals surface area contributed by atoms with Crippen LogP contribution >= 0.6 is 0 Å². The summed E-state index contributed by atoms with van der Waals surface area (Å²) in [5.41, 5.74) is 10.6. The van der Waals surface area contributed by atoms with E-state index in [0.29, 0.717) is 11.8 Å². The fraction of sp³-hybridized carbons (Fsp3) is 0.231. The van der Waals surface area contributed by atoms with Crippen molar-refractivity contribution < 1.29 is 0 Å². The quantitative estimate of drug-likeness (QED) is 0.475. The second-order valence-corrected chi connectivity index (χ2v) is 12.9. The van der Waals surface area contributed by atoms with E-state index in [-0.39, 0.29) is 0 Å². The molecule has 1 aliphatic heterocycles. The Morgan fingerprint density at radius 1 is 0.778 bits per heavy atom. The molecule has 0 aromatic heterocycles. The summed E-state index contributed by atoms with van der Waals surface area (Å²) < 4.78 is 0. The van der Waals surface area contributed by atoms with Crippen LogP contribution in [0.1, 0.15) is 47.9 Å². The van der Waals surface area contributed by atoms with Crippen molar-refractivity contribution >= 4 is 18.5 Å². The minimum Gasteiger partial charge on any atom is -0.0991 e. The normalized spacial score (nSPS) is 24.4. The summed E-state index contributed by atoms with van der Waals surface area (Å²) >= 11 is 0. The molecule has 0 radical (unpaired) electrons. The first-order chi connectivity index (χ1) is 13.0. The molecule has 1 heterocycles. The van der Waals surface area contributed by atoms with E-state index < -0.39 is 8.07 Å². The summed E-state index contributed by atoms with van der Waals surface area (Å²) in [4.78, 5) is 0. The maximum absolute atomic E-state index is 4.06. The fourth-order valence-electron chi connectivity index (χ4n) is 6.27. The van der Waals surface area contributed by atoms with Crippen LogP contribution in [0.15, 0.2) is 84.0 Å². The van der Waals surface area contributed by atoms with Gasteiger partial charge in [0, 0.05) is 11.8 Å². The molecular weight excluding hydrogens is 340 g/mol. The van der Waals surface area contributed by atoms with Crippen molar-refractivity contribution in [1.82, 2.24) is 0 Å². The van der Waals surface area contributed by atoms with Gasteiger partial charge >= 0.3 is 0 Å². The monoisotopic (exact) mass is 366 g/mol. The zero-order valence-electron chi connectivity index (χ0n) is 16.6. The Balaban J connectivity index is 1.94. The first-order valence-corrected chi connectivity index (χ1v) is 12.9. The van der Waals surface area contributed by atoms with Gasteiger partial charge in [0.05, 0.1) is 0 Å². The van der Waals surface area contributed by atoms with Crippen LogP contribution in [0.2, 0.25) is 13.1 Å². The van der Waals surface area contributed by atoms with Gasteiger partial charge in [0.25, 0.3) is 0 Å². The van der Waals surface area contributed by atoms with Crippen molar-refractivity contribution in [3.05, 3.63) is 106 Å². The van der Waals surface area contributed by atoms with Crippen molar-refractivity contribution in [1.29, 1.82) is 0 Å². The largest absolute Gasteiger partial charge is 0.113 e. The van der Waals surface area contributed by atoms with Gasteiger partial charge in [-0.2, -0.15) is 0 Å². The number of allylic oxidation sites excluding steroid dienone is 5. The molecule has 27 heavy (non-hydrogen) atoms. The molecule has 2 aromatic rings. The first kappa shape index (κ1) is 16.8. The lowest BCUT2D eigenvalue weighted by atomic mass is 9.77. The first-order valence-electron chi connectivity index (χ1n) is 9.92. The van der Waals surface area contributed by atoms with Gasteiger partial charge in [0.1, 0.15) is 8.07 Å². The summed E-state index contributed by atoms with van der Waals surface area (Å²) in [7, 11) is -1.82. The topological polar surface area (TPSA) is 0 Å². The average Bonchev–Trinajstić information content (AvgIpc) is 3.11. The second-order valence-electron chi connectivity index (χ2n) is 8.68. The number of hydrogen-bond donors (Lipinski definition) is 0. The Kier molecular flexibility index (Phi) is 3.45. The zero-order chi connectivity index (χ0) is 18.9. The number of fused-ring (bicyclic) bond motifs is 8. The SMILES string of the molecule is C=CC=C1C2C(C)=C(c3ccccc32)[Si](C)(C)C2=C(C)C1c1ccccc12. The van der Waals surface area contributed by atoms with Gasteiger partial charge in [-0.05, 0) is 52.1 Å². The van der Waals surface area contributed by atoms with Crippen LogP contribution in [-0.4, -0.2) is 8.07 Å². The lowest BCUT2D eigenvalue weighted by Crippen LogP contribution is -2.31. The summed E-state index contributed by atoms with van der Waals surface area (Å²) in [6, 6.07) is 18.2. The van der Waals surface area contributed by atoms with Gasteiger partial charge in [-0.1, -0.05) is 91.5 Å². The van der Waals surface area contributed by atoms with E-state index in [1.807, 2.05) is 6.08 Å². The minimum atomic E-state index is -1.82. The number of benzene rings is 2. The molecule has 2 aromatic carbocycles. The molecule has 3 aliphatic rings. The molecule has 1 heteroatoms. The Morgan fingerprint density at radius 3 is 1.67 bits per heavy atom. The van der Waals surface area contributed by atoms with Crippen LogP contribution in [-0.2, 0) is 0 Å². The fourth-order valence-corrected chi connectivity index (χ4v) is 10.6. The third kappa shape index (κ3) is 1.98. The number of hydrogen-bond acceptors (Lipinski definition) is 0. The van der Waals surface area contributed by atoms with Crippen LogP contribution in [0.4, 0.5) is 0 Å². The molecule has 0 nitrogen and oxygen atoms in total. The van der Waals surface area contributed by atoms with Crippen LogP contribution in [0, 0.1) is 0 Å². The Bertz CT molecular complexity index is 1010. The lowest BCUT2D eigenvalue weighted by Gasteiger charge is -2.32. The molecule has 5 rings (SSSR count). The molecule has 0 N–H and O–H groups in total. The van der Waals surface area contributed by atoms with Gasteiger partial charge in [-0.15, -0.1) is 0 Å². The smallest absolute Gasteiger partial charge is 0.0991 e. The maximum atomic E-state index is 4.06. The molecule has 0 amide bonds. The summed E-state index contributed by atoms with van der Waals surface area (Å²) in [6.07, 6.45) is 4.28. The highest BCUT2D eigenvalue weighted by molar-refractivity contribution is 7.09. The lowest BCUT2D eigenvalue weighted by molar-refractivity contribution is 0.816. The van der Waals surface area contributed by atoms with Gasteiger partial charge < -0.3 is 0 Å². The van der Waals surface area contributed by atoms with Crippen molar-refractivity contribution in [2.75, 3.05) is 0 Å². The second kappa shape index (κ2) is 5.56. The van der Waals surface area contributed by atoms with Crippen molar-refractivity contribution in [3.63, 3.8) is 0 Å². The van der Waals surface area contributed by atoms with E-state index in [1.54, 1.807) is 21.5 Å².